The number of nitrogens with zero attached hydrogens (tertiary/aromatic N) is 2. The van der Waals surface area contributed by atoms with Crippen molar-refractivity contribution in [2.75, 3.05) is 5.73 Å². The summed E-state index contributed by atoms with van der Waals surface area (Å²) >= 11 is 0. The normalized spacial score (nSPS) is 11.7. The Morgan fingerprint density at radius 3 is 2.79 bits per heavy atom. The topological polar surface area (TPSA) is 90.0 Å². The highest BCUT2D eigenvalue weighted by Crippen LogP contribution is 2.19. The number of benzene rings is 1. The second-order valence-corrected chi connectivity index (χ2v) is 5.69. The molecule has 1 aromatic carbocycles. The lowest BCUT2D eigenvalue weighted by molar-refractivity contribution is 0.574. The number of nitrogens with one attached hydrogen (secondary N) is 1. The number of hydrogen-bond acceptors (Lipinski definition) is 4. The summed E-state index contributed by atoms with van der Waals surface area (Å²) in [6.07, 6.45) is 1.56. The minimum absolute atomic E-state index is 0.00101. The first-order valence-electron chi connectivity index (χ1n) is 5.42. The third kappa shape index (κ3) is 2.91. The summed E-state index contributed by atoms with van der Waals surface area (Å²) < 4.78 is 41.0. The fourth-order valence-corrected chi connectivity index (χ4v) is 2.70. The molecule has 3 N–H and O–H groups in total. The van der Waals surface area contributed by atoms with Crippen LogP contribution >= 0.6 is 0 Å². The van der Waals surface area contributed by atoms with Crippen LogP contribution in [0.3, 0.4) is 0 Å². The molecule has 8 heteroatoms. The third-order valence-corrected chi connectivity index (χ3v) is 4.09. The number of hydrogen-bond donors (Lipinski definition) is 2. The maximum atomic E-state index is 13.1. The van der Waals surface area contributed by atoms with Crippen molar-refractivity contribution in [1.82, 2.24) is 14.5 Å². The van der Waals surface area contributed by atoms with E-state index in [1.807, 2.05) is 0 Å². The molecule has 0 radical (unpaired) electrons. The zero-order valence-electron chi connectivity index (χ0n) is 10.2. The van der Waals surface area contributed by atoms with Crippen LogP contribution in [0.4, 0.5) is 10.1 Å². The molecule has 1 heterocycles. The van der Waals surface area contributed by atoms with Gasteiger partial charge in [-0.3, -0.25) is 4.68 Å². The summed E-state index contributed by atoms with van der Waals surface area (Å²) in [5, 5.41) is 3.92. The molecule has 0 bridgehead atoms. The summed E-state index contributed by atoms with van der Waals surface area (Å²) in [6, 6.07) is 4.89. The Morgan fingerprint density at radius 1 is 1.42 bits per heavy atom. The first-order chi connectivity index (χ1) is 8.90. The maximum absolute atomic E-state index is 13.1. The van der Waals surface area contributed by atoms with E-state index < -0.39 is 15.8 Å². The predicted molar refractivity (Wildman–Crippen MR) is 68.0 cm³/mol. The van der Waals surface area contributed by atoms with Crippen molar-refractivity contribution in [3.63, 3.8) is 0 Å². The average Bonchev–Trinajstić information content (AvgIpc) is 2.75. The number of aryl methyl sites for hydroxylation is 1. The number of rotatable bonds is 4. The van der Waals surface area contributed by atoms with Crippen LogP contribution in [0, 0.1) is 5.82 Å². The zero-order chi connectivity index (χ0) is 14.0. The van der Waals surface area contributed by atoms with Crippen molar-refractivity contribution in [3.8, 4) is 0 Å². The molecule has 0 aliphatic heterocycles. The minimum Gasteiger partial charge on any atom is -0.398 e. The van der Waals surface area contributed by atoms with Crippen LogP contribution in [-0.4, -0.2) is 18.2 Å². The van der Waals surface area contributed by atoms with Gasteiger partial charge in [0.15, 0.2) is 0 Å². The van der Waals surface area contributed by atoms with E-state index in [9.17, 15) is 12.8 Å². The lowest BCUT2D eigenvalue weighted by Gasteiger charge is -2.09. The van der Waals surface area contributed by atoms with Crippen LogP contribution in [-0.2, 0) is 23.6 Å². The Hall–Kier alpha value is -1.93. The third-order valence-electron chi connectivity index (χ3n) is 2.63. The Balaban J connectivity index is 2.23. The quantitative estimate of drug-likeness (QED) is 0.805. The highest BCUT2D eigenvalue weighted by Gasteiger charge is 2.18. The molecule has 0 fully saturated rings. The first-order valence-corrected chi connectivity index (χ1v) is 6.90. The van der Waals surface area contributed by atoms with Gasteiger partial charge in [-0.05, 0) is 24.3 Å². The van der Waals surface area contributed by atoms with Crippen molar-refractivity contribution in [1.29, 1.82) is 0 Å². The van der Waals surface area contributed by atoms with E-state index in [0.29, 0.717) is 5.69 Å². The molecule has 0 saturated heterocycles. The molecular formula is C11H13FN4O2S. The number of halogens is 1. The molecule has 2 aromatic rings. The van der Waals surface area contributed by atoms with E-state index >= 15 is 0 Å². The van der Waals surface area contributed by atoms with Crippen molar-refractivity contribution in [2.24, 2.45) is 7.05 Å². The van der Waals surface area contributed by atoms with Gasteiger partial charge in [-0.2, -0.15) is 5.10 Å². The second kappa shape index (κ2) is 4.98. The lowest BCUT2D eigenvalue weighted by atomic mass is 10.3. The van der Waals surface area contributed by atoms with Gasteiger partial charge in [0.1, 0.15) is 10.7 Å². The second-order valence-electron chi connectivity index (χ2n) is 3.95. The van der Waals surface area contributed by atoms with Gasteiger partial charge in [0.25, 0.3) is 0 Å². The SMILES string of the molecule is Cn1nccc1CNS(=O)(=O)c1cc(F)ccc1N. The average molecular weight is 284 g/mol. The molecule has 0 spiro atoms. The minimum atomic E-state index is -3.86. The fraction of sp³-hybridized carbons (Fsp3) is 0.182. The number of nitrogens with two attached hydrogens (primary N) is 1. The van der Waals surface area contributed by atoms with Crippen LogP contribution in [0.5, 0.6) is 0 Å². The zero-order valence-corrected chi connectivity index (χ0v) is 11.0. The van der Waals surface area contributed by atoms with Crippen LogP contribution in [0.2, 0.25) is 0 Å². The van der Waals surface area contributed by atoms with Crippen LogP contribution in [0.15, 0.2) is 35.4 Å². The van der Waals surface area contributed by atoms with E-state index in [0.717, 1.165) is 12.1 Å². The number of nitrogen functional groups attached to an aromatic ring is 1. The lowest BCUT2D eigenvalue weighted by Crippen LogP contribution is -2.25. The smallest absolute Gasteiger partial charge is 0.243 e. The largest absolute Gasteiger partial charge is 0.398 e. The highest BCUT2D eigenvalue weighted by atomic mass is 32.2. The van der Waals surface area contributed by atoms with Crippen molar-refractivity contribution >= 4 is 15.7 Å². The van der Waals surface area contributed by atoms with E-state index in [2.05, 4.69) is 9.82 Å². The van der Waals surface area contributed by atoms with Crippen molar-refractivity contribution in [3.05, 3.63) is 42.0 Å². The maximum Gasteiger partial charge on any atom is 0.243 e. The van der Waals surface area contributed by atoms with E-state index in [-0.39, 0.29) is 17.1 Å². The molecule has 0 atom stereocenters. The molecule has 0 saturated carbocycles. The number of aromatic nitrogens is 2. The number of anilines is 1. The van der Waals surface area contributed by atoms with Crippen LogP contribution < -0.4 is 10.5 Å². The molecule has 19 heavy (non-hydrogen) atoms. The summed E-state index contributed by atoms with van der Waals surface area (Å²) in [7, 11) is -2.17. The van der Waals surface area contributed by atoms with Crippen LogP contribution in [0.25, 0.3) is 0 Å². The van der Waals surface area contributed by atoms with E-state index in [4.69, 9.17) is 5.73 Å². The number of sulfonamides is 1. The van der Waals surface area contributed by atoms with Crippen LogP contribution in [0.1, 0.15) is 5.69 Å². The van der Waals surface area contributed by atoms with Gasteiger partial charge in [-0.25, -0.2) is 17.5 Å². The van der Waals surface area contributed by atoms with Crippen molar-refractivity contribution < 1.29 is 12.8 Å². The molecule has 6 nitrogen and oxygen atoms in total. The molecule has 0 unspecified atom stereocenters. The Kier molecular flexibility index (Phi) is 3.54. The Bertz CT molecular complexity index is 696. The Labute approximate surface area is 110 Å². The van der Waals surface area contributed by atoms with Gasteiger partial charge < -0.3 is 5.73 Å². The summed E-state index contributed by atoms with van der Waals surface area (Å²) in [5.74, 6) is -0.657. The molecule has 0 aliphatic carbocycles. The van der Waals surface area contributed by atoms with Gasteiger partial charge in [0.2, 0.25) is 10.0 Å². The first kappa shape index (κ1) is 13.5. The van der Waals surface area contributed by atoms with Gasteiger partial charge in [-0.1, -0.05) is 0 Å². The molecule has 2 rings (SSSR count). The Morgan fingerprint density at radius 2 is 2.16 bits per heavy atom. The molecule has 0 amide bonds. The molecule has 1 aromatic heterocycles. The predicted octanol–water partition coefficient (Wildman–Crippen LogP) is 0.620. The summed E-state index contributed by atoms with van der Waals surface area (Å²) in [5.41, 5.74) is 6.23. The fourth-order valence-electron chi connectivity index (χ4n) is 1.56. The van der Waals surface area contributed by atoms with Gasteiger partial charge in [0, 0.05) is 13.2 Å². The summed E-state index contributed by atoms with van der Waals surface area (Å²) in [4.78, 5) is -0.269. The van der Waals surface area contributed by atoms with Crippen molar-refractivity contribution in [2.45, 2.75) is 11.4 Å². The van der Waals surface area contributed by atoms with E-state index in [1.165, 1.54) is 10.7 Å². The molecule has 0 aliphatic rings. The summed E-state index contributed by atoms with van der Waals surface area (Å²) in [6.45, 7) is 0.0504. The standard InChI is InChI=1S/C11H13FN4O2S/c1-16-9(4-5-14-16)7-15-19(17,18)11-6-8(12)2-3-10(11)13/h2-6,15H,7,13H2,1H3. The van der Waals surface area contributed by atoms with Gasteiger partial charge in [-0.15, -0.1) is 0 Å². The van der Waals surface area contributed by atoms with Gasteiger partial charge >= 0.3 is 0 Å². The van der Waals surface area contributed by atoms with E-state index in [1.54, 1.807) is 19.3 Å². The monoisotopic (exact) mass is 284 g/mol. The highest BCUT2D eigenvalue weighted by molar-refractivity contribution is 7.89. The molecular weight excluding hydrogens is 271 g/mol. The van der Waals surface area contributed by atoms with Gasteiger partial charge in [0.05, 0.1) is 17.9 Å². The molecule has 102 valence electrons.